The zero-order valence-corrected chi connectivity index (χ0v) is 14.6. The zero-order chi connectivity index (χ0) is 18.5. The SMILES string of the molecule is COc1cccc(OCc2n[nH]c(=S)n2/N=C/c2cccc(O)c2O)c1. The van der Waals surface area contributed by atoms with Gasteiger partial charge in [0.1, 0.15) is 18.1 Å². The van der Waals surface area contributed by atoms with Crippen LogP contribution in [0.4, 0.5) is 0 Å². The molecule has 0 aliphatic heterocycles. The van der Waals surface area contributed by atoms with Gasteiger partial charge in [0.25, 0.3) is 0 Å². The summed E-state index contributed by atoms with van der Waals surface area (Å²) in [5.74, 6) is 1.23. The third-order valence-corrected chi connectivity index (χ3v) is 3.75. The number of H-pyrrole nitrogens is 1. The summed E-state index contributed by atoms with van der Waals surface area (Å²) in [5, 5.41) is 30.3. The normalized spacial score (nSPS) is 11.0. The van der Waals surface area contributed by atoms with Crippen LogP contribution in [0.15, 0.2) is 47.6 Å². The van der Waals surface area contributed by atoms with Gasteiger partial charge in [-0.3, -0.25) is 0 Å². The molecule has 8 nitrogen and oxygen atoms in total. The molecule has 0 aliphatic carbocycles. The van der Waals surface area contributed by atoms with Crippen molar-refractivity contribution in [3.8, 4) is 23.0 Å². The highest BCUT2D eigenvalue weighted by Gasteiger charge is 2.08. The molecule has 0 spiro atoms. The maximum absolute atomic E-state index is 9.83. The number of rotatable bonds is 6. The molecule has 3 rings (SSSR count). The number of methoxy groups -OCH3 is 1. The molecule has 0 radical (unpaired) electrons. The summed E-state index contributed by atoms with van der Waals surface area (Å²) in [6.07, 6.45) is 1.37. The van der Waals surface area contributed by atoms with Gasteiger partial charge in [0.2, 0.25) is 4.77 Å². The van der Waals surface area contributed by atoms with Crippen molar-refractivity contribution < 1.29 is 19.7 Å². The van der Waals surface area contributed by atoms with E-state index in [2.05, 4.69) is 15.3 Å². The van der Waals surface area contributed by atoms with Crippen molar-refractivity contribution >= 4 is 18.4 Å². The molecule has 1 aromatic heterocycles. The predicted molar refractivity (Wildman–Crippen MR) is 97.5 cm³/mol. The molecule has 1 heterocycles. The smallest absolute Gasteiger partial charge is 0.216 e. The van der Waals surface area contributed by atoms with Crippen LogP contribution in [0.3, 0.4) is 0 Å². The Kier molecular flexibility index (Phi) is 5.18. The number of aromatic hydroxyl groups is 2. The molecule has 3 aromatic rings. The topological polar surface area (TPSA) is 105 Å². The van der Waals surface area contributed by atoms with Gasteiger partial charge in [-0.05, 0) is 36.5 Å². The van der Waals surface area contributed by atoms with Gasteiger partial charge in [-0.25, -0.2) is 5.10 Å². The molecule has 0 saturated heterocycles. The summed E-state index contributed by atoms with van der Waals surface area (Å²) in [4.78, 5) is 0. The van der Waals surface area contributed by atoms with Gasteiger partial charge in [-0.2, -0.15) is 14.9 Å². The number of ether oxygens (including phenoxy) is 2. The van der Waals surface area contributed by atoms with Gasteiger partial charge in [0.15, 0.2) is 17.3 Å². The molecule has 0 amide bonds. The highest BCUT2D eigenvalue weighted by Crippen LogP contribution is 2.26. The summed E-state index contributed by atoms with van der Waals surface area (Å²) in [7, 11) is 1.58. The van der Waals surface area contributed by atoms with Crippen LogP contribution in [0, 0.1) is 4.77 Å². The van der Waals surface area contributed by atoms with E-state index in [-0.39, 0.29) is 22.9 Å². The number of phenols is 2. The Morgan fingerprint density at radius 1 is 1.23 bits per heavy atom. The van der Waals surface area contributed by atoms with Gasteiger partial charge in [0, 0.05) is 11.6 Å². The number of hydrogen-bond donors (Lipinski definition) is 3. The minimum Gasteiger partial charge on any atom is -0.504 e. The Morgan fingerprint density at radius 2 is 2.00 bits per heavy atom. The number of benzene rings is 2. The molecule has 0 saturated carbocycles. The Morgan fingerprint density at radius 3 is 2.81 bits per heavy atom. The summed E-state index contributed by atoms with van der Waals surface area (Å²) in [5.41, 5.74) is 0.341. The minimum atomic E-state index is -0.263. The first-order valence-electron chi connectivity index (χ1n) is 7.57. The molecule has 134 valence electrons. The number of aromatic amines is 1. The van der Waals surface area contributed by atoms with E-state index < -0.39 is 0 Å². The van der Waals surface area contributed by atoms with Crippen LogP contribution in [0.2, 0.25) is 0 Å². The number of phenolic OH excluding ortho intramolecular Hbond substituents is 2. The van der Waals surface area contributed by atoms with Gasteiger partial charge in [-0.15, -0.1) is 0 Å². The third-order valence-electron chi connectivity index (χ3n) is 3.48. The quantitative estimate of drug-likeness (QED) is 0.349. The summed E-state index contributed by atoms with van der Waals surface area (Å²) >= 11 is 5.16. The maximum Gasteiger partial charge on any atom is 0.216 e. The van der Waals surface area contributed by atoms with Crippen molar-refractivity contribution in [2.75, 3.05) is 7.11 Å². The molecule has 9 heteroatoms. The number of nitrogens with zero attached hydrogens (tertiary/aromatic N) is 3. The van der Waals surface area contributed by atoms with Crippen molar-refractivity contribution in [1.82, 2.24) is 14.9 Å². The third kappa shape index (κ3) is 3.83. The highest BCUT2D eigenvalue weighted by atomic mass is 32.1. The van der Waals surface area contributed by atoms with Crippen LogP contribution in [-0.2, 0) is 6.61 Å². The Hall–Kier alpha value is -3.33. The standard InChI is InChI=1S/C17H16N4O4S/c1-24-12-5-3-6-13(8-12)25-10-15-19-20-17(26)21(15)18-9-11-4-2-7-14(22)16(11)23/h2-9,22-23H,10H2,1H3,(H,20,26)/b18-9+. The van der Waals surface area contributed by atoms with Crippen LogP contribution in [0.1, 0.15) is 11.4 Å². The van der Waals surface area contributed by atoms with Crippen LogP contribution in [0.5, 0.6) is 23.0 Å². The average molecular weight is 372 g/mol. The van der Waals surface area contributed by atoms with Crippen LogP contribution < -0.4 is 9.47 Å². The first-order valence-corrected chi connectivity index (χ1v) is 7.97. The number of para-hydroxylation sites is 1. The summed E-state index contributed by atoms with van der Waals surface area (Å²) in [6.45, 7) is 0.115. The van der Waals surface area contributed by atoms with E-state index >= 15 is 0 Å². The van der Waals surface area contributed by atoms with Crippen molar-refractivity contribution in [3.63, 3.8) is 0 Å². The van der Waals surface area contributed by atoms with E-state index in [9.17, 15) is 10.2 Å². The van der Waals surface area contributed by atoms with Gasteiger partial charge >= 0.3 is 0 Å². The van der Waals surface area contributed by atoms with E-state index in [0.29, 0.717) is 22.9 Å². The fraction of sp³-hybridized carbons (Fsp3) is 0.118. The van der Waals surface area contributed by atoms with E-state index in [4.69, 9.17) is 21.7 Å². The largest absolute Gasteiger partial charge is 0.504 e. The molecular weight excluding hydrogens is 356 g/mol. The maximum atomic E-state index is 9.83. The Bertz CT molecular complexity index is 996. The lowest BCUT2D eigenvalue weighted by Gasteiger charge is -2.07. The number of nitrogens with one attached hydrogen (secondary N) is 1. The number of hydrogen-bond acceptors (Lipinski definition) is 7. The molecule has 3 N–H and O–H groups in total. The van der Waals surface area contributed by atoms with Gasteiger partial charge in [-0.1, -0.05) is 12.1 Å². The molecule has 0 unspecified atom stereocenters. The van der Waals surface area contributed by atoms with Crippen LogP contribution >= 0.6 is 12.2 Å². The Labute approximate surface area is 154 Å². The number of aromatic nitrogens is 3. The second-order valence-corrected chi connectivity index (χ2v) is 5.57. The van der Waals surface area contributed by atoms with Gasteiger partial charge < -0.3 is 19.7 Å². The summed E-state index contributed by atoms with van der Waals surface area (Å²) in [6, 6.07) is 11.8. The van der Waals surface area contributed by atoms with E-state index in [1.807, 2.05) is 12.1 Å². The zero-order valence-electron chi connectivity index (χ0n) is 13.8. The molecule has 0 aliphatic rings. The lowest BCUT2D eigenvalue weighted by Crippen LogP contribution is -2.04. The molecule has 2 aromatic carbocycles. The summed E-state index contributed by atoms with van der Waals surface area (Å²) < 4.78 is 12.5. The second kappa shape index (κ2) is 7.70. The molecule has 0 fully saturated rings. The van der Waals surface area contributed by atoms with Crippen LogP contribution in [-0.4, -0.2) is 38.4 Å². The molecule has 26 heavy (non-hydrogen) atoms. The average Bonchev–Trinajstić information content (AvgIpc) is 3.01. The molecular formula is C17H16N4O4S. The Balaban J connectivity index is 1.79. The predicted octanol–water partition coefficient (Wildman–Crippen LogP) is 2.82. The fourth-order valence-corrected chi connectivity index (χ4v) is 2.35. The minimum absolute atomic E-state index is 0.115. The fourth-order valence-electron chi connectivity index (χ4n) is 2.15. The van der Waals surface area contributed by atoms with Crippen molar-refractivity contribution in [1.29, 1.82) is 0 Å². The van der Waals surface area contributed by atoms with Crippen molar-refractivity contribution in [2.24, 2.45) is 5.10 Å². The van der Waals surface area contributed by atoms with E-state index in [1.165, 1.54) is 17.0 Å². The molecule has 0 atom stereocenters. The molecule has 0 bridgehead atoms. The second-order valence-electron chi connectivity index (χ2n) is 5.18. The first kappa shape index (κ1) is 17.5. The first-order chi connectivity index (χ1) is 12.6. The van der Waals surface area contributed by atoms with E-state index in [1.54, 1.807) is 31.4 Å². The van der Waals surface area contributed by atoms with Crippen LogP contribution in [0.25, 0.3) is 0 Å². The highest BCUT2D eigenvalue weighted by molar-refractivity contribution is 7.71. The lowest BCUT2D eigenvalue weighted by atomic mass is 10.2. The van der Waals surface area contributed by atoms with Crippen molar-refractivity contribution in [2.45, 2.75) is 6.61 Å². The van der Waals surface area contributed by atoms with E-state index in [0.717, 1.165) is 0 Å². The lowest BCUT2D eigenvalue weighted by molar-refractivity contribution is 0.288. The van der Waals surface area contributed by atoms with Gasteiger partial charge in [0.05, 0.1) is 13.3 Å². The monoisotopic (exact) mass is 372 g/mol. The van der Waals surface area contributed by atoms with Crippen molar-refractivity contribution in [3.05, 3.63) is 58.6 Å².